The first kappa shape index (κ1) is 15.3. The molecule has 0 fully saturated rings. The summed E-state index contributed by atoms with van der Waals surface area (Å²) in [5.74, 6) is 0. The molecule has 0 unspecified atom stereocenters. The maximum atomic E-state index is 6.16. The molecule has 0 bridgehead atoms. The van der Waals surface area contributed by atoms with Gasteiger partial charge in [0, 0.05) is 11.9 Å². The van der Waals surface area contributed by atoms with Gasteiger partial charge in [-0.25, -0.2) is 0 Å². The molecule has 0 N–H and O–H groups in total. The van der Waals surface area contributed by atoms with E-state index in [1.165, 1.54) is 19.3 Å². The third kappa shape index (κ3) is 5.60. The quantitative estimate of drug-likeness (QED) is 0.500. The van der Waals surface area contributed by atoms with E-state index in [1.54, 1.807) is 0 Å². The van der Waals surface area contributed by atoms with Crippen LogP contribution in [0.1, 0.15) is 24.8 Å². The fourth-order valence-corrected chi connectivity index (χ4v) is 2.47. The molecule has 0 aliphatic heterocycles. The van der Waals surface area contributed by atoms with Crippen LogP contribution in [0.4, 0.5) is 0 Å². The van der Waals surface area contributed by atoms with Crippen LogP contribution < -0.4 is 0 Å². The summed E-state index contributed by atoms with van der Waals surface area (Å²) in [4.78, 5) is 2.28. The molecule has 0 saturated carbocycles. The van der Waals surface area contributed by atoms with Gasteiger partial charge in [-0.05, 0) is 38.1 Å². The third-order valence-electron chi connectivity index (χ3n) is 2.65. The molecular weight excluding hydrogens is 321 g/mol. The van der Waals surface area contributed by atoms with Crippen molar-refractivity contribution >= 4 is 39.1 Å². The number of hydrogen-bond donors (Lipinski definition) is 0. The van der Waals surface area contributed by atoms with E-state index in [4.69, 9.17) is 23.2 Å². The molecule has 0 aliphatic carbocycles. The van der Waals surface area contributed by atoms with Crippen molar-refractivity contribution in [2.24, 2.45) is 0 Å². The minimum Gasteiger partial charge on any atom is -0.302 e. The lowest BCUT2D eigenvalue weighted by molar-refractivity contribution is 0.318. The summed E-state index contributed by atoms with van der Waals surface area (Å²) >= 11 is 15.6. The summed E-state index contributed by atoms with van der Waals surface area (Å²) < 4.78 is 0. The van der Waals surface area contributed by atoms with Crippen molar-refractivity contribution in [3.8, 4) is 0 Å². The van der Waals surface area contributed by atoms with E-state index in [-0.39, 0.29) is 0 Å². The van der Waals surface area contributed by atoms with Crippen molar-refractivity contribution in [2.45, 2.75) is 25.8 Å². The average molecular weight is 339 g/mol. The van der Waals surface area contributed by atoms with Gasteiger partial charge in [0.1, 0.15) is 0 Å². The van der Waals surface area contributed by atoms with Crippen LogP contribution in [-0.4, -0.2) is 23.8 Å². The van der Waals surface area contributed by atoms with Crippen molar-refractivity contribution in [3.63, 3.8) is 0 Å². The standard InChI is InChI=1S/C13H18BrCl2N/c1-17(9-4-2-3-8-14)10-11-6-5-7-12(15)13(11)16/h5-7H,2-4,8-10H2,1H3. The Morgan fingerprint density at radius 3 is 2.65 bits per heavy atom. The van der Waals surface area contributed by atoms with Crippen LogP contribution in [0.25, 0.3) is 0 Å². The Morgan fingerprint density at radius 2 is 1.94 bits per heavy atom. The molecule has 0 heterocycles. The number of alkyl halides is 1. The highest BCUT2D eigenvalue weighted by Crippen LogP contribution is 2.26. The van der Waals surface area contributed by atoms with Crippen LogP contribution in [-0.2, 0) is 6.54 Å². The van der Waals surface area contributed by atoms with Crippen LogP contribution in [0.15, 0.2) is 18.2 Å². The minimum absolute atomic E-state index is 0.636. The predicted octanol–water partition coefficient (Wildman–Crippen LogP) is 4.99. The summed E-state index contributed by atoms with van der Waals surface area (Å²) in [5, 5.41) is 2.41. The Bertz CT molecular complexity index is 344. The first-order valence-electron chi connectivity index (χ1n) is 5.82. The number of nitrogens with zero attached hydrogens (tertiary/aromatic N) is 1. The SMILES string of the molecule is CN(CCCCCBr)Cc1cccc(Cl)c1Cl. The van der Waals surface area contributed by atoms with Crippen LogP contribution in [0.3, 0.4) is 0 Å². The molecule has 0 aliphatic rings. The van der Waals surface area contributed by atoms with Crippen LogP contribution >= 0.6 is 39.1 Å². The molecule has 1 aromatic carbocycles. The van der Waals surface area contributed by atoms with Gasteiger partial charge in [0.05, 0.1) is 10.0 Å². The van der Waals surface area contributed by atoms with E-state index in [2.05, 4.69) is 27.9 Å². The monoisotopic (exact) mass is 337 g/mol. The fourth-order valence-electron chi connectivity index (χ4n) is 1.69. The highest BCUT2D eigenvalue weighted by molar-refractivity contribution is 9.09. The summed E-state index contributed by atoms with van der Waals surface area (Å²) in [6.45, 7) is 1.95. The second-order valence-electron chi connectivity index (χ2n) is 4.20. The van der Waals surface area contributed by atoms with Gasteiger partial charge in [0.15, 0.2) is 0 Å². The molecule has 1 rings (SSSR count). The minimum atomic E-state index is 0.636. The zero-order valence-corrected chi connectivity index (χ0v) is 13.2. The molecule has 0 spiro atoms. The smallest absolute Gasteiger partial charge is 0.0637 e. The maximum Gasteiger partial charge on any atom is 0.0637 e. The largest absolute Gasteiger partial charge is 0.302 e. The summed E-state index contributed by atoms with van der Waals surface area (Å²) in [7, 11) is 2.12. The zero-order chi connectivity index (χ0) is 12.7. The molecule has 0 saturated heterocycles. The molecule has 1 aromatic rings. The number of unbranched alkanes of at least 4 members (excludes halogenated alkanes) is 2. The van der Waals surface area contributed by atoms with Gasteiger partial charge in [0.2, 0.25) is 0 Å². The van der Waals surface area contributed by atoms with Crippen molar-refractivity contribution in [1.82, 2.24) is 4.90 Å². The van der Waals surface area contributed by atoms with Gasteiger partial charge in [-0.15, -0.1) is 0 Å². The van der Waals surface area contributed by atoms with Crippen LogP contribution in [0.2, 0.25) is 10.0 Å². The lowest BCUT2D eigenvalue weighted by Gasteiger charge is -2.17. The van der Waals surface area contributed by atoms with Crippen molar-refractivity contribution in [3.05, 3.63) is 33.8 Å². The van der Waals surface area contributed by atoms with Gasteiger partial charge in [0.25, 0.3) is 0 Å². The molecule has 0 atom stereocenters. The number of hydrogen-bond acceptors (Lipinski definition) is 1. The summed E-state index contributed by atoms with van der Waals surface area (Å²) in [6.07, 6.45) is 3.73. The third-order valence-corrected chi connectivity index (χ3v) is 4.06. The van der Waals surface area contributed by atoms with Gasteiger partial charge in [-0.1, -0.05) is 57.7 Å². The molecule has 17 heavy (non-hydrogen) atoms. The Labute approximate surface area is 122 Å². The molecule has 4 heteroatoms. The van der Waals surface area contributed by atoms with Gasteiger partial charge in [-0.3, -0.25) is 0 Å². The normalized spacial score (nSPS) is 11.1. The Morgan fingerprint density at radius 1 is 1.18 bits per heavy atom. The van der Waals surface area contributed by atoms with Crippen molar-refractivity contribution in [1.29, 1.82) is 0 Å². The van der Waals surface area contributed by atoms with E-state index < -0.39 is 0 Å². The lowest BCUT2D eigenvalue weighted by atomic mass is 10.2. The topological polar surface area (TPSA) is 3.24 Å². The summed E-state index contributed by atoms with van der Waals surface area (Å²) in [5.41, 5.74) is 1.10. The Balaban J connectivity index is 2.39. The maximum absolute atomic E-state index is 6.16. The second-order valence-corrected chi connectivity index (χ2v) is 5.78. The average Bonchev–Trinajstić information content (AvgIpc) is 2.31. The molecule has 1 nitrogen and oxygen atoms in total. The van der Waals surface area contributed by atoms with Crippen LogP contribution in [0, 0.1) is 0 Å². The Hall–Kier alpha value is 0.240. The second kappa shape index (κ2) is 8.36. The first-order chi connectivity index (χ1) is 8.15. The lowest BCUT2D eigenvalue weighted by Crippen LogP contribution is -2.19. The highest BCUT2D eigenvalue weighted by atomic mass is 79.9. The first-order valence-corrected chi connectivity index (χ1v) is 7.70. The van der Waals surface area contributed by atoms with Crippen molar-refractivity contribution in [2.75, 3.05) is 18.9 Å². The molecule has 0 aromatic heterocycles. The van der Waals surface area contributed by atoms with Gasteiger partial charge >= 0.3 is 0 Å². The fraction of sp³-hybridized carbons (Fsp3) is 0.538. The van der Waals surface area contributed by atoms with E-state index in [0.717, 1.165) is 24.0 Å². The molecule has 0 amide bonds. The zero-order valence-electron chi connectivity index (χ0n) is 10.1. The van der Waals surface area contributed by atoms with E-state index >= 15 is 0 Å². The van der Waals surface area contributed by atoms with Crippen molar-refractivity contribution < 1.29 is 0 Å². The highest BCUT2D eigenvalue weighted by Gasteiger charge is 2.06. The Kier molecular flexibility index (Phi) is 7.52. The number of halogens is 3. The van der Waals surface area contributed by atoms with E-state index in [1.807, 2.05) is 18.2 Å². The van der Waals surface area contributed by atoms with Gasteiger partial charge < -0.3 is 4.90 Å². The van der Waals surface area contributed by atoms with E-state index in [0.29, 0.717) is 10.0 Å². The van der Waals surface area contributed by atoms with Crippen LogP contribution in [0.5, 0.6) is 0 Å². The predicted molar refractivity (Wildman–Crippen MR) is 80.4 cm³/mol. The summed E-state index contributed by atoms with van der Waals surface area (Å²) in [6, 6.07) is 5.80. The number of rotatable bonds is 7. The van der Waals surface area contributed by atoms with Gasteiger partial charge in [-0.2, -0.15) is 0 Å². The molecular formula is C13H18BrCl2N. The molecule has 0 radical (unpaired) electrons. The van der Waals surface area contributed by atoms with E-state index in [9.17, 15) is 0 Å². The molecule has 96 valence electrons. The number of benzene rings is 1.